The zero-order valence-corrected chi connectivity index (χ0v) is 21.7. The van der Waals surface area contributed by atoms with Crippen LogP contribution in [0.5, 0.6) is 0 Å². The lowest BCUT2D eigenvalue weighted by Gasteiger charge is -2.26. The normalized spacial score (nSPS) is 12.1. The van der Waals surface area contributed by atoms with Crippen molar-refractivity contribution < 1.29 is 9.59 Å². The fourth-order valence-corrected chi connectivity index (χ4v) is 3.39. The first-order valence-corrected chi connectivity index (χ1v) is 11.8. The molecule has 0 aliphatic carbocycles. The van der Waals surface area contributed by atoms with Crippen LogP contribution in [0.2, 0.25) is 0 Å². The molecule has 0 unspecified atom stereocenters. The number of amides is 3. The van der Waals surface area contributed by atoms with Crippen LogP contribution < -0.4 is 10.6 Å². The first-order chi connectivity index (χ1) is 15.2. The fraction of sp³-hybridized carbons (Fsp3) is 0.577. The standard InChI is InChI=1S/C26H41N5O2/c1-10-19-11-13-20(14-12-19)27-24(33)30(16-18(2)3)17-23(32)28-22-15-21(25(4,5)6)29-31(22)26(7,8)9/h11-15,18H,10,16-17H2,1-9H3,(H,27,33)(H,28,32). The zero-order chi connectivity index (χ0) is 25.0. The van der Waals surface area contributed by atoms with E-state index in [1.807, 2.05) is 69.6 Å². The Morgan fingerprint density at radius 3 is 2.12 bits per heavy atom. The van der Waals surface area contributed by atoms with Gasteiger partial charge in [0.2, 0.25) is 5.91 Å². The molecule has 0 fully saturated rings. The molecule has 182 valence electrons. The molecule has 7 heteroatoms. The van der Waals surface area contributed by atoms with E-state index in [2.05, 4.69) is 38.3 Å². The molecule has 1 heterocycles. The molecule has 0 atom stereocenters. The molecule has 0 saturated heterocycles. The van der Waals surface area contributed by atoms with Gasteiger partial charge < -0.3 is 15.5 Å². The van der Waals surface area contributed by atoms with Crippen molar-refractivity contribution in [3.8, 4) is 0 Å². The highest BCUT2D eigenvalue weighted by molar-refractivity contribution is 5.96. The maximum Gasteiger partial charge on any atom is 0.322 e. The Balaban J connectivity index is 2.18. The molecule has 2 rings (SSSR count). The predicted molar refractivity (Wildman–Crippen MR) is 136 cm³/mol. The molecule has 0 saturated carbocycles. The van der Waals surface area contributed by atoms with Gasteiger partial charge in [-0.2, -0.15) is 5.10 Å². The van der Waals surface area contributed by atoms with Crippen molar-refractivity contribution in [2.45, 2.75) is 79.7 Å². The van der Waals surface area contributed by atoms with Crippen LogP contribution in [0.3, 0.4) is 0 Å². The number of carbonyl (C=O) groups is 2. The van der Waals surface area contributed by atoms with Gasteiger partial charge in [-0.15, -0.1) is 0 Å². The number of aryl methyl sites for hydroxylation is 1. The largest absolute Gasteiger partial charge is 0.322 e. The van der Waals surface area contributed by atoms with Crippen molar-refractivity contribution in [3.63, 3.8) is 0 Å². The van der Waals surface area contributed by atoms with E-state index in [1.165, 1.54) is 5.56 Å². The highest BCUT2D eigenvalue weighted by Crippen LogP contribution is 2.28. The van der Waals surface area contributed by atoms with Crippen LogP contribution in [0, 0.1) is 5.92 Å². The van der Waals surface area contributed by atoms with E-state index in [0.717, 1.165) is 12.1 Å². The molecule has 0 bridgehead atoms. The van der Waals surface area contributed by atoms with Crippen molar-refractivity contribution in [2.75, 3.05) is 23.7 Å². The molecular formula is C26H41N5O2. The van der Waals surface area contributed by atoms with Crippen LogP contribution in [-0.2, 0) is 22.2 Å². The van der Waals surface area contributed by atoms with Crippen molar-refractivity contribution in [2.24, 2.45) is 5.92 Å². The van der Waals surface area contributed by atoms with Gasteiger partial charge in [0.15, 0.2) is 0 Å². The third kappa shape index (κ3) is 7.62. The van der Waals surface area contributed by atoms with Gasteiger partial charge >= 0.3 is 6.03 Å². The number of anilines is 2. The maximum absolute atomic E-state index is 13.0. The number of rotatable bonds is 7. The Morgan fingerprint density at radius 1 is 1.03 bits per heavy atom. The fourth-order valence-electron chi connectivity index (χ4n) is 3.39. The lowest BCUT2D eigenvalue weighted by molar-refractivity contribution is -0.116. The van der Waals surface area contributed by atoms with E-state index in [0.29, 0.717) is 18.1 Å². The van der Waals surface area contributed by atoms with Crippen molar-refractivity contribution in [3.05, 3.63) is 41.6 Å². The number of benzene rings is 1. The Morgan fingerprint density at radius 2 is 1.64 bits per heavy atom. The van der Waals surface area contributed by atoms with E-state index in [9.17, 15) is 9.59 Å². The summed E-state index contributed by atoms with van der Waals surface area (Å²) in [7, 11) is 0. The number of urea groups is 1. The van der Waals surface area contributed by atoms with E-state index in [4.69, 9.17) is 5.10 Å². The average molecular weight is 456 g/mol. The Labute approximate surface area is 198 Å². The summed E-state index contributed by atoms with van der Waals surface area (Å²) in [5.74, 6) is 0.606. The van der Waals surface area contributed by atoms with Gasteiger partial charge in [0.1, 0.15) is 12.4 Å². The quantitative estimate of drug-likeness (QED) is 0.568. The van der Waals surface area contributed by atoms with Gasteiger partial charge in [0.25, 0.3) is 0 Å². The molecule has 0 spiro atoms. The second kappa shape index (κ2) is 10.4. The number of carbonyl (C=O) groups excluding carboxylic acids is 2. The second-order valence-electron chi connectivity index (χ2n) is 11.1. The molecule has 1 aromatic carbocycles. The average Bonchev–Trinajstić information content (AvgIpc) is 3.12. The maximum atomic E-state index is 13.0. The summed E-state index contributed by atoms with van der Waals surface area (Å²) in [5, 5.41) is 10.7. The molecule has 2 aromatic rings. The minimum Gasteiger partial charge on any atom is -0.315 e. The molecule has 0 aliphatic heterocycles. The van der Waals surface area contributed by atoms with Gasteiger partial charge in [-0.3, -0.25) is 4.79 Å². The highest BCUT2D eigenvalue weighted by atomic mass is 16.2. The third-order valence-corrected chi connectivity index (χ3v) is 5.20. The van der Waals surface area contributed by atoms with Crippen LogP contribution in [0.15, 0.2) is 30.3 Å². The topological polar surface area (TPSA) is 79.3 Å². The molecule has 0 radical (unpaired) electrons. The minimum atomic E-state index is -0.300. The summed E-state index contributed by atoms with van der Waals surface area (Å²) in [6.07, 6.45) is 0.940. The van der Waals surface area contributed by atoms with E-state index < -0.39 is 0 Å². The monoisotopic (exact) mass is 455 g/mol. The first-order valence-electron chi connectivity index (χ1n) is 11.8. The van der Waals surface area contributed by atoms with Gasteiger partial charge in [-0.05, 0) is 50.8 Å². The van der Waals surface area contributed by atoms with E-state index in [1.54, 1.807) is 4.90 Å². The van der Waals surface area contributed by atoms with Crippen LogP contribution in [0.4, 0.5) is 16.3 Å². The second-order valence-corrected chi connectivity index (χ2v) is 11.1. The Bertz CT molecular complexity index is 947. The van der Waals surface area contributed by atoms with E-state index >= 15 is 0 Å². The number of aromatic nitrogens is 2. The van der Waals surface area contributed by atoms with Crippen LogP contribution in [-0.4, -0.2) is 39.7 Å². The smallest absolute Gasteiger partial charge is 0.315 e. The summed E-state index contributed by atoms with van der Waals surface area (Å²) in [4.78, 5) is 27.5. The number of hydrogen-bond acceptors (Lipinski definition) is 3. The summed E-state index contributed by atoms with van der Waals surface area (Å²) >= 11 is 0. The van der Waals surface area contributed by atoms with Crippen molar-refractivity contribution in [1.82, 2.24) is 14.7 Å². The van der Waals surface area contributed by atoms with Gasteiger partial charge in [-0.1, -0.05) is 53.7 Å². The number of nitrogens with zero attached hydrogens (tertiary/aromatic N) is 3. The summed E-state index contributed by atoms with van der Waals surface area (Å²) in [6.45, 7) is 19.0. The van der Waals surface area contributed by atoms with Crippen LogP contribution >= 0.6 is 0 Å². The SMILES string of the molecule is CCc1ccc(NC(=O)N(CC(=O)Nc2cc(C(C)(C)C)nn2C(C)(C)C)CC(C)C)cc1. The minimum absolute atomic E-state index is 0.0444. The van der Waals surface area contributed by atoms with Crippen LogP contribution in [0.1, 0.15) is 73.6 Å². The molecule has 7 nitrogen and oxygen atoms in total. The molecule has 3 amide bonds. The lowest BCUT2D eigenvalue weighted by atomic mass is 9.92. The van der Waals surface area contributed by atoms with Gasteiger partial charge in [-0.25, -0.2) is 9.48 Å². The van der Waals surface area contributed by atoms with Gasteiger partial charge in [0, 0.05) is 23.7 Å². The molecule has 33 heavy (non-hydrogen) atoms. The zero-order valence-electron chi connectivity index (χ0n) is 21.7. The lowest BCUT2D eigenvalue weighted by Crippen LogP contribution is -2.43. The summed E-state index contributed by atoms with van der Waals surface area (Å²) < 4.78 is 1.84. The molecule has 1 aromatic heterocycles. The molecular weight excluding hydrogens is 414 g/mol. The van der Waals surface area contributed by atoms with Crippen LogP contribution in [0.25, 0.3) is 0 Å². The highest BCUT2D eigenvalue weighted by Gasteiger charge is 2.26. The predicted octanol–water partition coefficient (Wildman–Crippen LogP) is 5.63. The van der Waals surface area contributed by atoms with Crippen molar-refractivity contribution >= 4 is 23.4 Å². The molecule has 0 aliphatic rings. The summed E-state index contributed by atoms with van der Waals surface area (Å²) in [5.41, 5.74) is 2.38. The number of hydrogen-bond donors (Lipinski definition) is 2. The Hall–Kier alpha value is -2.83. The Kier molecular flexibility index (Phi) is 8.33. The first kappa shape index (κ1) is 26.4. The van der Waals surface area contributed by atoms with E-state index in [-0.39, 0.29) is 35.4 Å². The van der Waals surface area contributed by atoms with Crippen molar-refractivity contribution in [1.29, 1.82) is 0 Å². The molecule has 2 N–H and O–H groups in total. The van der Waals surface area contributed by atoms with Gasteiger partial charge in [0.05, 0.1) is 11.2 Å². The number of nitrogens with one attached hydrogen (secondary N) is 2. The summed E-state index contributed by atoms with van der Waals surface area (Å²) in [6, 6.07) is 9.40. The third-order valence-electron chi connectivity index (χ3n) is 5.20.